The van der Waals surface area contributed by atoms with Crippen molar-refractivity contribution in [2.24, 2.45) is 0 Å². The minimum Gasteiger partial charge on any atom is -0.438 e. The maximum atomic E-state index is 11.7. The van der Waals surface area contributed by atoms with Gasteiger partial charge < -0.3 is 10.1 Å². The van der Waals surface area contributed by atoms with Gasteiger partial charge in [-0.1, -0.05) is 60.7 Å². The van der Waals surface area contributed by atoms with E-state index in [4.69, 9.17) is 4.74 Å². The summed E-state index contributed by atoms with van der Waals surface area (Å²) in [5, 5.41) is 2.93. The SMILES string of the molecule is C[C@@]1(c2ccccc2)NC(=O)OC1c1ccccc1. The maximum Gasteiger partial charge on any atom is 0.408 e. The van der Waals surface area contributed by atoms with Crippen LogP contribution in [0.15, 0.2) is 60.7 Å². The zero-order chi connectivity index (χ0) is 13.3. The van der Waals surface area contributed by atoms with Crippen molar-refractivity contribution in [2.75, 3.05) is 0 Å². The molecule has 0 bridgehead atoms. The summed E-state index contributed by atoms with van der Waals surface area (Å²) >= 11 is 0. The first kappa shape index (κ1) is 11.8. The molecule has 19 heavy (non-hydrogen) atoms. The molecule has 1 N–H and O–H groups in total. The van der Waals surface area contributed by atoms with Gasteiger partial charge in [-0.25, -0.2) is 4.79 Å². The number of carbonyl (C=O) groups is 1. The summed E-state index contributed by atoms with van der Waals surface area (Å²) in [7, 11) is 0. The fraction of sp³-hybridized carbons (Fsp3) is 0.188. The smallest absolute Gasteiger partial charge is 0.408 e. The standard InChI is InChI=1S/C16H15NO2/c1-16(13-10-6-3-7-11-13)14(19-15(18)17-16)12-8-4-2-5-9-12/h2-11,14H,1H3,(H,17,18)/t14?,16-/m0/s1. The molecular weight excluding hydrogens is 238 g/mol. The summed E-state index contributed by atoms with van der Waals surface area (Å²) in [6, 6.07) is 19.7. The van der Waals surface area contributed by atoms with E-state index in [-0.39, 0.29) is 12.2 Å². The quantitative estimate of drug-likeness (QED) is 0.891. The minimum atomic E-state index is -0.542. The molecule has 0 aliphatic carbocycles. The monoisotopic (exact) mass is 253 g/mol. The second-order valence-electron chi connectivity index (χ2n) is 4.89. The topological polar surface area (TPSA) is 38.3 Å². The van der Waals surface area contributed by atoms with E-state index < -0.39 is 5.54 Å². The molecule has 1 heterocycles. The molecular formula is C16H15NO2. The Morgan fingerprint density at radius 3 is 2.21 bits per heavy atom. The van der Waals surface area contributed by atoms with E-state index in [1.165, 1.54) is 0 Å². The molecule has 2 aromatic rings. The molecule has 0 aromatic heterocycles. The van der Waals surface area contributed by atoms with Crippen molar-refractivity contribution >= 4 is 6.09 Å². The Balaban J connectivity index is 2.06. The van der Waals surface area contributed by atoms with Crippen LogP contribution in [0.3, 0.4) is 0 Å². The van der Waals surface area contributed by atoms with E-state index in [1.807, 2.05) is 67.6 Å². The summed E-state index contributed by atoms with van der Waals surface area (Å²) in [6.45, 7) is 1.99. The molecule has 2 aromatic carbocycles. The van der Waals surface area contributed by atoms with E-state index in [0.29, 0.717) is 0 Å². The Morgan fingerprint density at radius 2 is 1.58 bits per heavy atom. The van der Waals surface area contributed by atoms with Gasteiger partial charge in [0.1, 0.15) is 5.54 Å². The van der Waals surface area contributed by atoms with Crippen LogP contribution in [0.4, 0.5) is 4.79 Å². The van der Waals surface area contributed by atoms with Crippen LogP contribution in [0.5, 0.6) is 0 Å². The zero-order valence-electron chi connectivity index (χ0n) is 10.7. The van der Waals surface area contributed by atoms with Crippen LogP contribution >= 0.6 is 0 Å². The number of alkyl carbamates (subject to hydrolysis) is 1. The molecule has 1 fully saturated rings. The fourth-order valence-corrected chi connectivity index (χ4v) is 2.57. The molecule has 1 aliphatic heterocycles. The highest BCUT2D eigenvalue weighted by Crippen LogP contribution is 2.41. The number of benzene rings is 2. The van der Waals surface area contributed by atoms with Crippen LogP contribution < -0.4 is 5.32 Å². The summed E-state index contributed by atoms with van der Waals surface area (Å²) in [4.78, 5) is 11.7. The van der Waals surface area contributed by atoms with Crippen molar-refractivity contribution < 1.29 is 9.53 Å². The van der Waals surface area contributed by atoms with Crippen LogP contribution in [-0.2, 0) is 10.3 Å². The highest BCUT2D eigenvalue weighted by Gasteiger charge is 2.46. The third kappa shape index (κ3) is 1.97. The van der Waals surface area contributed by atoms with Crippen molar-refractivity contribution in [1.82, 2.24) is 5.32 Å². The van der Waals surface area contributed by atoms with E-state index >= 15 is 0 Å². The highest BCUT2D eigenvalue weighted by molar-refractivity contribution is 5.72. The highest BCUT2D eigenvalue weighted by atomic mass is 16.6. The summed E-state index contributed by atoms with van der Waals surface area (Å²) in [5.41, 5.74) is 1.49. The van der Waals surface area contributed by atoms with Gasteiger partial charge in [0.15, 0.2) is 6.10 Å². The first-order valence-corrected chi connectivity index (χ1v) is 6.29. The fourth-order valence-electron chi connectivity index (χ4n) is 2.57. The van der Waals surface area contributed by atoms with Gasteiger partial charge in [-0.15, -0.1) is 0 Å². The molecule has 0 spiro atoms. The van der Waals surface area contributed by atoms with Gasteiger partial charge in [-0.2, -0.15) is 0 Å². The Morgan fingerprint density at radius 1 is 1.00 bits per heavy atom. The van der Waals surface area contributed by atoms with E-state index in [2.05, 4.69) is 5.32 Å². The van der Waals surface area contributed by atoms with Crippen LogP contribution in [-0.4, -0.2) is 6.09 Å². The van der Waals surface area contributed by atoms with E-state index in [1.54, 1.807) is 0 Å². The summed E-state index contributed by atoms with van der Waals surface area (Å²) < 4.78 is 5.47. The Bertz CT molecular complexity index is 582. The number of cyclic esters (lactones) is 1. The number of ether oxygens (including phenoxy) is 1. The molecule has 1 unspecified atom stereocenters. The summed E-state index contributed by atoms with van der Waals surface area (Å²) in [6.07, 6.45) is -0.691. The van der Waals surface area contributed by atoms with Crippen molar-refractivity contribution in [3.63, 3.8) is 0 Å². The third-order valence-electron chi connectivity index (χ3n) is 3.59. The van der Waals surface area contributed by atoms with Gasteiger partial charge in [0.25, 0.3) is 0 Å². The predicted octanol–water partition coefficient (Wildman–Crippen LogP) is 3.38. The molecule has 2 atom stereocenters. The molecule has 1 aliphatic rings. The lowest BCUT2D eigenvalue weighted by molar-refractivity contribution is 0.113. The average molecular weight is 253 g/mol. The van der Waals surface area contributed by atoms with Gasteiger partial charge in [0.05, 0.1) is 0 Å². The lowest BCUT2D eigenvalue weighted by Gasteiger charge is -2.29. The zero-order valence-corrected chi connectivity index (χ0v) is 10.7. The molecule has 3 rings (SSSR count). The average Bonchev–Trinajstić information content (AvgIpc) is 2.77. The van der Waals surface area contributed by atoms with Gasteiger partial charge in [0, 0.05) is 0 Å². The molecule has 0 saturated carbocycles. The van der Waals surface area contributed by atoms with Crippen LogP contribution in [0, 0.1) is 0 Å². The number of nitrogens with one attached hydrogen (secondary N) is 1. The molecule has 3 nitrogen and oxygen atoms in total. The normalized spacial score (nSPS) is 25.7. The van der Waals surface area contributed by atoms with Crippen molar-refractivity contribution in [2.45, 2.75) is 18.6 Å². The number of carbonyl (C=O) groups excluding carboxylic acids is 1. The third-order valence-corrected chi connectivity index (χ3v) is 3.59. The van der Waals surface area contributed by atoms with Gasteiger partial charge in [0.2, 0.25) is 0 Å². The number of rotatable bonds is 2. The Kier molecular flexibility index (Phi) is 2.75. The van der Waals surface area contributed by atoms with E-state index in [0.717, 1.165) is 11.1 Å². The molecule has 1 saturated heterocycles. The summed E-state index contributed by atoms with van der Waals surface area (Å²) in [5.74, 6) is 0. The Labute approximate surface area is 112 Å². The largest absolute Gasteiger partial charge is 0.438 e. The van der Waals surface area contributed by atoms with Crippen molar-refractivity contribution in [3.05, 3.63) is 71.8 Å². The molecule has 96 valence electrons. The second kappa shape index (κ2) is 4.43. The van der Waals surface area contributed by atoms with Crippen LogP contribution in [0.2, 0.25) is 0 Å². The van der Waals surface area contributed by atoms with Gasteiger partial charge >= 0.3 is 6.09 Å². The van der Waals surface area contributed by atoms with Gasteiger partial charge in [-0.05, 0) is 18.1 Å². The number of hydrogen-bond acceptors (Lipinski definition) is 2. The maximum absolute atomic E-state index is 11.7. The molecule has 0 radical (unpaired) electrons. The lowest BCUT2D eigenvalue weighted by atomic mass is 9.84. The van der Waals surface area contributed by atoms with Crippen molar-refractivity contribution in [3.8, 4) is 0 Å². The second-order valence-corrected chi connectivity index (χ2v) is 4.89. The van der Waals surface area contributed by atoms with E-state index in [9.17, 15) is 4.79 Å². The number of amides is 1. The number of hydrogen-bond donors (Lipinski definition) is 1. The first-order valence-electron chi connectivity index (χ1n) is 6.29. The van der Waals surface area contributed by atoms with Crippen LogP contribution in [0.25, 0.3) is 0 Å². The minimum absolute atomic E-state index is 0.316. The van der Waals surface area contributed by atoms with Crippen molar-refractivity contribution in [1.29, 1.82) is 0 Å². The van der Waals surface area contributed by atoms with Gasteiger partial charge in [-0.3, -0.25) is 0 Å². The lowest BCUT2D eigenvalue weighted by Crippen LogP contribution is -2.38. The molecule has 1 amide bonds. The predicted molar refractivity (Wildman–Crippen MR) is 72.6 cm³/mol. The first-order chi connectivity index (χ1) is 9.20. The van der Waals surface area contributed by atoms with Crippen LogP contribution in [0.1, 0.15) is 24.2 Å². The Hall–Kier alpha value is -2.29. The molecule has 3 heteroatoms.